The molecule has 0 radical (unpaired) electrons. The van der Waals surface area contributed by atoms with Crippen molar-refractivity contribution in [2.24, 2.45) is 0 Å². The van der Waals surface area contributed by atoms with Crippen LogP contribution in [0, 0.1) is 0 Å². The van der Waals surface area contributed by atoms with Gasteiger partial charge in [-0.05, 0) is 28.1 Å². The van der Waals surface area contributed by atoms with Crippen molar-refractivity contribution in [3.05, 3.63) is 34.8 Å². The molecule has 0 aliphatic rings. The van der Waals surface area contributed by atoms with Gasteiger partial charge < -0.3 is 9.52 Å². The van der Waals surface area contributed by atoms with E-state index in [-0.39, 0.29) is 27.7 Å². The number of aromatic nitrogens is 2. The highest BCUT2D eigenvalue weighted by Crippen LogP contribution is 2.27. The van der Waals surface area contributed by atoms with Crippen LogP contribution in [-0.2, 0) is 16.6 Å². The van der Waals surface area contributed by atoms with E-state index >= 15 is 0 Å². The molecule has 2 aromatic heterocycles. The molecule has 2 N–H and O–H groups in total. The molecule has 0 amide bonds. The van der Waals surface area contributed by atoms with Gasteiger partial charge in [0.15, 0.2) is 10.5 Å². The molecule has 0 aliphatic carbocycles. The highest BCUT2D eigenvalue weighted by molar-refractivity contribution is 9.10. The first-order valence-electron chi connectivity index (χ1n) is 4.72. The van der Waals surface area contributed by atoms with E-state index in [0.717, 1.165) is 0 Å². The van der Waals surface area contributed by atoms with Crippen molar-refractivity contribution in [2.75, 3.05) is 4.72 Å². The molecule has 0 saturated carbocycles. The number of anilines is 1. The van der Waals surface area contributed by atoms with E-state index in [1.54, 1.807) is 6.07 Å². The summed E-state index contributed by atoms with van der Waals surface area (Å²) in [6, 6.07) is 4.24. The predicted octanol–water partition coefficient (Wildman–Crippen LogP) is 1.13. The quantitative estimate of drug-likeness (QED) is 0.868. The van der Waals surface area contributed by atoms with E-state index in [0.29, 0.717) is 0 Å². The molecule has 0 fully saturated rings. The van der Waals surface area contributed by atoms with Gasteiger partial charge in [-0.2, -0.15) is 5.10 Å². The molecule has 2 heterocycles. The number of furan rings is 1. The zero-order valence-corrected chi connectivity index (χ0v) is 11.3. The number of hydrogen-bond acceptors (Lipinski definition) is 6. The van der Waals surface area contributed by atoms with E-state index in [4.69, 9.17) is 9.52 Å². The number of halogens is 1. The molecule has 0 spiro atoms. The number of sulfonamides is 1. The van der Waals surface area contributed by atoms with E-state index in [1.807, 2.05) is 0 Å². The smallest absolute Gasteiger partial charge is 0.267 e. The Hall–Kier alpha value is -1.45. The standard InChI is InChI=1S/C9H8BrN3O4S/c10-9-7(4-6(5-14)17-9)18(15,16)13-8-2-1-3-11-12-8/h1-4,14H,5H2,(H,12,13). The van der Waals surface area contributed by atoms with Crippen LogP contribution in [0.5, 0.6) is 0 Å². The van der Waals surface area contributed by atoms with Gasteiger partial charge in [0.05, 0.1) is 0 Å². The molecule has 0 aromatic carbocycles. The van der Waals surface area contributed by atoms with Crippen molar-refractivity contribution in [3.8, 4) is 0 Å². The fraction of sp³-hybridized carbons (Fsp3) is 0.111. The fourth-order valence-electron chi connectivity index (χ4n) is 1.21. The topological polar surface area (TPSA) is 105 Å². The normalized spacial score (nSPS) is 11.4. The first-order chi connectivity index (χ1) is 8.53. The highest BCUT2D eigenvalue weighted by Gasteiger charge is 2.22. The predicted molar refractivity (Wildman–Crippen MR) is 65.2 cm³/mol. The maximum Gasteiger partial charge on any atom is 0.267 e. The Labute approximate surface area is 111 Å². The molecule has 0 unspecified atom stereocenters. The lowest BCUT2D eigenvalue weighted by Gasteiger charge is -2.03. The number of aliphatic hydroxyl groups excluding tert-OH is 1. The summed E-state index contributed by atoms with van der Waals surface area (Å²) >= 11 is 2.97. The van der Waals surface area contributed by atoms with Gasteiger partial charge in [-0.3, -0.25) is 4.72 Å². The number of rotatable bonds is 4. The van der Waals surface area contributed by atoms with Gasteiger partial charge in [0.25, 0.3) is 10.0 Å². The lowest BCUT2D eigenvalue weighted by atomic mass is 10.5. The molecule has 2 rings (SSSR count). The summed E-state index contributed by atoms with van der Waals surface area (Å²) in [6.07, 6.45) is 1.43. The Bertz CT molecular complexity index is 641. The summed E-state index contributed by atoms with van der Waals surface area (Å²) in [5.41, 5.74) is 0. The maximum atomic E-state index is 12.0. The van der Waals surface area contributed by atoms with Crippen LogP contribution in [0.15, 0.2) is 38.4 Å². The fourth-order valence-corrected chi connectivity index (χ4v) is 3.20. The van der Waals surface area contributed by atoms with Crippen molar-refractivity contribution in [1.29, 1.82) is 0 Å². The first-order valence-corrected chi connectivity index (χ1v) is 7.00. The van der Waals surface area contributed by atoms with Crippen LogP contribution >= 0.6 is 15.9 Å². The largest absolute Gasteiger partial charge is 0.450 e. The second-order valence-electron chi connectivity index (χ2n) is 3.22. The van der Waals surface area contributed by atoms with Gasteiger partial charge in [0.2, 0.25) is 0 Å². The highest BCUT2D eigenvalue weighted by atomic mass is 79.9. The van der Waals surface area contributed by atoms with Gasteiger partial charge in [-0.15, -0.1) is 5.10 Å². The summed E-state index contributed by atoms with van der Waals surface area (Å²) in [5.74, 6) is 0.234. The number of aliphatic hydroxyl groups is 1. The summed E-state index contributed by atoms with van der Waals surface area (Å²) in [4.78, 5) is -0.114. The average Bonchev–Trinajstić information content (AvgIpc) is 2.72. The Morgan fingerprint density at radius 3 is 2.83 bits per heavy atom. The summed E-state index contributed by atoms with van der Waals surface area (Å²) in [7, 11) is -3.84. The minimum absolute atomic E-state index is 0.0166. The number of nitrogens with one attached hydrogen (secondary N) is 1. The zero-order valence-electron chi connectivity index (χ0n) is 8.87. The van der Waals surface area contributed by atoms with E-state index < -0.39 is 10.0 Å². The minimum Gasteiger partial charge on any atom is -0.450 e. The van der Waals surface area contributed by atoms with E-state index in [1.165, 1.54) is 18.3 Å². The number of hydrogen-bond donors (Lipinski definition) is 2. The van der Waals surface area contributed by atoms with Crippen molar-refractivity contribution >= 4 is 31.8 Å². The molecule has 96 valence electrons. The maximum absolute atomic E-state index is 12.0. The van der Waals surface area contributed by atoms with Crippen molar-refractivity contribution in [2.45, 2.75) is 11.5 Å². The third-order valence-corrected chi connectivity index (χ3v) is 4.17. The SMILES string of the molecule is O=S(=O)(Nc1cccnn1)c1cc(CO)oc1Br. The van der Waals surface area contributed by atoms with Gasteiger partial charge in [0.1, 0.15) is 17.3 Å². The summed E-state index contributed by atoms with van der Waals surface area (Å²) in [6.45, 7) is -0.390. The monoisotopic (exact) mass is 333 g/mol. The Kier molecular flexibility index (Phi) is 3.64. The molecule has 2 aromatic rings. The van der Waals surface area contributed by atoms with Crippen LogP contribution in [0.4, 0.5) is 5.82 Å². The lowest BCUT2D eigenvalue weighted by Crippen LogP contribution is -2.13. The minimum atomic E-state index is -3.84. The van der Waals surface area contributed by atoms with Gasteiger partial charge in [0, 0.05) is 12.3 Å². The van der Waals surface area contributed by atoms with Crippen molar-refractivity contribution in [3.63, 3.8) is 0 Å². The Morgan fingerprint density at radius 2 is 2.28 bits per heavy atom. The molecule has 9 heteroatoms. The molecular weight excluding hydrogens is 326 g/mol. The Morgan fingerprint density at radius 1 is 1.50 bits per heavy atom. The zero-order chi connectivity index (χ0) is 13.2. The van der Waals surface area contributed by atoms with Crippen LogP contribution in [0.2, 0.25) is 0 Å². The molecule has 18 heavy (non-hydrogen) atoms. The summed E-state index contributed by atoms with van der Waals surface area (Å²) in [5, 5.41) is 16.0. The summed E-state index contributed by atoms with van der Waals surface area (Å²) < 4.78 is 31.3. The third-order valence-electron chi connectivity index (χ3n) is 1.96. The molecule has 7 nitrogen and oxygen atoms in total. The molecule has 0 aliphatic heterocycles. The van der Waals surface area contributed by atoms with E-state index in [9.17, 15) is 8.42 Å². The molecule has 0 atom stereocenters. The second kappa shape index (κ2) is 5.04. The lowest BCUT2D eigenvalue weighted by molar-refractivity contribution is 0.245. The van der Waals surface area contributed by atoms with Crippen LogP contribution in [-0.4, -0.2) is 23.7 Å². The molecular formula is C9H8BrN3O4S. The average molecular weight is 334 g/mol. The van der Waals surface area contributed by atoms with Crippen molar-refractivity contribution < 1.29 is 17.9 Å². The van der Waals surface area contributed by atoms with Crippen LogP contribution in [0.1, 0.15) is 5.76 Å². The van der Waals surface area contributed by atoms with E-state index in [2.05, 4.69) is 30.8 Å². The Balaban J connectivity index is 2.34. The van der Waals surface area contributed by atoms with Gasteiger partial charge in [-0.25, -0.2) is 8.42 Å². The molecule has 0 bridgehead atoms. The van der Waals surface area contributed by atoms with Crippen LogP contribution in [0.25, 0.3) is 0 Å². The van der Waals surface area contributed by atoms with Gasteiger partial charge in [-0.1, -0.05) is 0 Å². The molecule has 0 saturated heterocycles. The van der Waals surface area contributed by atoms with Crippen LogP contribution in [0.3, 0.4) is 0 Å². The van der Waals surface area contributed by atoms with Gasteiger partial charge >= 0.3 is 0 Å². The van der Waals surface area contributed by atoms with Crippen molar-refractivity contribution in [1.82, 2.24) is 10.2 Å². The first kappa shape index (κ1) is 13.0. The third kappa shape index (κ3) is 2.68. The second-order valence-corrected chi connectivity index (χ2v) is 5.59. The number of nitrogens with zero attached hydrogens (tertiary/aromatic N) is 2. The van der Waals surface area contributed by atoms with Crippen LogP contribution < -0.4 is 4.72 Å².